The standard InChI is InChI=1S/C16H23NO/c1-13(18)11-14-5-3-6-16(12-14)15-7-4-9-17(2)10-8-15/h3,5-6,12,15H,4,7-11H2,1-2H3. The van der Waals surface area contributed by atoms with Crippen LogP contribution in [0, 0.1) is 0 Å². The number of carbonyl (C=O) groups excluding carboxylic acids is 1. The van der Waals surface area contributed by atoms with Gasteiger partial charge in [-0.1, -0.05) is 24.3 Å². The molecule has 2 rings (SSSR count). The van der Waals surface area contributed by atoms with Crippen molar-refractivity contribution in [3.8, 4) is 0 Å². The Morgan fingerprint density at radius 3 is 2.94 bits per heavy atom. The number of hydrogen-bond acceptors (Lipinski definition) is 2. The molecular formula is C16H23NO. The lowest BCUT2D eigenvalue weighted by molar-refractivity contribution is -0.116. The first-order valence-corrected chi connectivity index (χ1v) is 6.92. The molecule has 1 atom stereocenters. The van der Waals surface area contributed by atoms with E-state index in [1.165, 1.54) is 37.9 Å². The Kier molecular flexibility index (Phi) is 4.54. The van der Waals surface area contributed by atoms with Crippen molar-refractivity contribution in [1.29, 1.82) is 0 Å². The van der Waals surface area contributed by atoms with E-state index in [0.717, 1.165) is 5.56 Å². The second-order valence-electron chi connectivity index (χ2n) is 5.55. The number of carbonyl (C=O) groups is 1. The summed E-state index contributed by atoms with van der Waals surface area (Å²) in [5.74, 6) is 0.912. The second kappa shape index (κ2) is 6.14. The van der Waals surface area contributed by atoms with Crippen molar-refractivity contribution in [2.24, 2.45) is 0 Å². The maximum Gasteiger partial charge on any atom is 0.134 e. The van der Waals surface area contributed by atoms with E-state index in [4.69, 9.17) is 0 Å². The fraction of sp³-hybridized carbons (Fsp3) is 0.562. The molecule has 0 radical (unpaired) electrons. The van der Waals surface area contributed by atoms with E-state index in [1.54, 1.807) is 6.92 Å². The van der Waals surface area contributed by atoms with E-state index in [0.29, 0.717) is 12.3 Å². The number of rotatable bonds is 3. The Bertz CT molecular complexity index is 413. The maximum atomic E-state index is 11.2. The summed E-state index contributed by atoms with van der Waals surface area (Å²) >= 11 is 0. The summed E-state index contributed by atoms with van der Waals surface area (Å²) in [6.45, 7) is 4.05. The molecule has 1 aliphatic rings. The zero-order valence-electron chi connectivity index (χ0n) is 11.5. The van der Waals surface area contributed by atoms with Crippen molar-refractivity contribution in [2.45, 2.75) is 38.5 Å². The van der Waals surface area contributed by atoms with Crippen LogP contribution in [0.25, 0.3) is 0 Å². The molecule has 0 spiro atoms. The third-order valence-corrected chi connectivity index (χ3v) is 3.83. The predicted molar refractivity (Wildman–Crippen MR) is 74.9 cm³/mol. The highest BCUT2D eigenvalue weighted by molar-refractivity contribution is 5.78. The minimum atomic E-state index is 0.243. The molecule has 2 nitrogen and oxygen atoms in total. The van der Waals surface area contributed by atoms with Gasteiger partial charge >= 0.3 is 0 Å². The molecule has 1 fully saturated rings. The highest BCUT2D eigenvalue weighted by atomic mass is 16.1. The normalized spacial score (nSPS) is 21.6. The molecule has 2 heteroatoms. The zero-order chi connectivity index (χ0) is 13.0. The van der Waals surface area contributed by atoms with Crippen molar-refractivity contribution in [3.05, 3.63) is 35.4 Å². The summed E-state index contributed by atoms with van der Waals surface area (Å²) in [4.78, 5) is 13.6. The molecule has 1 saturated heterocycles. The minimum absolute atomic E-state index is 0.243. The summed E-state index contributed by atoms with van der Waals surface area (Å²) in [7, 11) is 2.20. The average molecular weight is 245 g/mol. The van der Waals surface area contributed by atoms with Gasteiger partial charge in [0.1, 0.15) is 5.78 Å². The van der Waals surface area contributed by atoms with Crippen LogP contribution in [0.1, 0.15) is 43.2 Å². The highest BCUT2D eigenvalue weighted by Crippen LogP contribution is 2.28. The summed E-state index contributed by atoms with van der Waals surface area (Å²) in [5.41, 5.74) is 2.58. The van der Waals surface area contributed by atoms with Gasteiger partial charge in [-0.2, -0.15) is 0 Å². The van der Waals surface area contributed by atoms with Crippen LogP contribution in [0.4, 0.5) is 0 Å². The Balaban J connectivity index is 2.09. The largest absolute Gasteiger partial charge is 0.306 e. The van der Waals surface area contributed by atoms with Gasteiger partial charge in [0.15, 0.2) is 0 Å². The van der Waals surface area contributed by atoms with Gasteiger partial charge < -0.3 is 4.90 Å². The van der Waals surface area contributed by atoms with Crippen LogP contribution in [0.2, 0.25) is 0 Å². The summed E-state index contributed by atoms with van der Waals surface area (Å²) < 4.78 is 0. The van der Waals surface area contributed by atoms with Crippen LogP contribution >= 0.6 is 0 Å². The molecule has 18 heavy (non-hydrogen) atoms. The lowest BCUT2D eigenvalue weighted by atomic mass is 9.90. The SMILES string of the molecule is CC(=O)Cc1cccc(C2CCCN(C)CC2)c1. The fourth-order valence-electron chi connectivity index (χ4n) is 2.82. The quantitative estimate of drug-likeness (QED) is 0.816. The molecular weight excluding hydrogens is 222 g/mol. The molecule has 98 valence electrons. The van der Waals surface area contributed by atoms with Crippen LogP contribution in [0.15, 0.2) is 24.3 Å². The van der Waals surface area contributed by atoms with E-state index in [-0.39, 0.29) is 5.78 Å². The lowest BCUT2D eigenvalue weighted by Gasteiger charge is -2.16. The van der Waals surface area contributed by atoms with Crippen molar-refractivity contribution in [1.82, 2.24) is 4.90 Å². The van der Waals surface area contributed by atoms with Crippen LogP contribution in [-0.4, -0.2) is 30.8 Å². The fourth-order valence-corrected chi connectivity index (χ4v) is 2.82. The van der Waals surface area contributed by atoms with E-state index in [1.807, 2.05) is 0 Å². The van der Waals surface area contributed by atoms with Crippen LogP contribution < -0.4 is 0 Å². The number of ketones is 1. The number of hydrogen-bond donors (Lipinski definition) is 0. The minimum Gasteiger partial charge on any atom is -0.306 e. The van der Waals surface area contributed by atoms with E-state index in [9.17, 15) is 4.79 Å². The van der Waals surface area contributed by atoms with Gasteiger partial charge in [-0.15, -0.1) is 0 Å². The van der Waals surface area contributed by atoms with E-state index < -0.39 is 0 Å². The Morgan fingerprint density at radius 1 is 1.33 bits per heavy atom. The maximum absolute atomic E-state index is 11.2. The first kappa shape index (κ1) is 13.3. The molecule has 1 unspecified atom stereocenters. The van der Waals surface area contributed by atoms with Gasteiger partial charge in [0.25, 0.3) is 0 Å². The second-order valence-corrected chi connectivity index (χ2v) is 5.55. The van der Waals surface area contributed by atoms with Crippen LogP contribution in [0.3, 0.4) is 0 Å². The Morgan fingerprint density at radius 2 is 2.17 bits per heavy atom. The zero-order valence-corrected chi connectivity index (χ0v) is 11.5. The summed E-state index contributed by atoms with van der Waals surface area (Å²) in [6.07, 6.45) is 4.35. The molecule has 1 aromatic carbocycles. The van der Waals surface area contributed by atoms with Crippen molar-refractivity contribution >= 4 is 5.78 Å². The van der Waals surface area contributed by atoms with Crippen molar-refractivity contribution in [2.75, 3.05) is 20.1 Å². The highest BCUT2D eigenvalue weighted by Gasteiger charge is 2.16. The van der Waals surface area contributed by atoms with Gasteiger partial charge in [-0.25, -0.2) is 0 Å². The number of likely N-dealkylation sites (tertiary alicyclic amines) is 1. The molecule has 0 amide bonds. The Labute approximate surface area is 110 Å². The predicted octanol–water partition coefficient (Wildman–Crippen LogP) is 3.02. The number of nitrogens with zero attached hydrogens (tertiary/aromatic N) is 1. The van der Waals surface area contributed by atoms with E-state index in [2.05, 4.69) is 36.2 Å². The molecule has 0 N–H and O–H groups in total. The van der Waals surface area contributed by atoms with Crippen molar-refractivity contribution in [3.63, 3.8) is 0 Å². The first-order valence-electron chi connectivity index (χ1n) is 6.92. The average Bonchev–Trinajstić information content (AvgIpc) is 2.53. The Hall–Kier alpha value is -1.15. The van der Waals surface area contributed by atoms with Gasteiger partial charge in [0.05, 0.1) is 0 Å². The number of benzene rings is 1. The topological polar surface area (TPSA) is 20.3 Å². The smallest absolute Gasteiger partial charge is 0.134 e. The van der Waals surface area contributed by atoms with Gasteiger partial charge in [-0.3, -0.25) is 4.79 Å². The summed E-state index contributed by atoms with van der Waals surface area (Å²) in [5, 5.41) is 0. The molecule has 1 aliphatic heterocycles. The first-order chi connectivity index (χ1) is 8.65. The van der Waals surface area contributed by atoms with Crippen molar-refractivity contribution < 1.29 is 4.79 Å². The number of Topliss-reactive ketones (excluding diaryl/α,β-unsaturated/α-hetero) is 1. The molecule has 1 aromatic rings. The molecule has 0 bridgehead atoms. The van der Waals surface area contributed by atoms with Crippen LogP contribution in [-0.2, 0) is 11.2 Å². The van der Waals surface area contributed by atoms with Crippen LogP contribution in [0.5, 0.6) is 0 Å². The third-order valence-electron chi connectivity index (χ3n) is 3.83. The third kappa shape index (κ3) is 3.67. The van der Waals surface area contributed by atoms with Gasteiger partial charge in [0.2, 0.25) is 0 Å². The molecule has 0 aliphatic carbocycles. The van der Waals surface area contributed by atoms with Gasteiger partial charge in [0, 0.05) is 6.42 Å². The summed E-state index contributed by atoms with van der Waals surface area (Å²) in [6, 6.07) is 8.62. The van der Waals surface area contributed by atoms with Gasteiger partial charge in [-0.05, 0) is 63.4 Å². The molecule has 0 saturated carbocycles. The molecule has 1 heterocycles. The van der Waals surface area contributed by atoms with E-state index >= 15 is 0 Å². The lowest BCUT2D eigenvalue weighted by Crippen LogP contribution is -2.18. The molecule has 0 aromatic heterocycles. The monoisotopic (exact) mass is 245 g/mol.